The first-order valence-electron chi connectivity index (χ1n) is 6.75. The van der Waals surface area contributed by atoms with Gasteiger partial charge in [-0.2, -0.15) is 5.26 Å². The fourth-order valence-electron chi connectivity index (χ4n) is 1.79. The normalized spacial score (nSPS) is 11.6. The average molecular weight is 348 g/mol. The number of rotatable bonds is 4. The lowest BCUT2D eigenvalue weighted by molar-refractivity contribution is -0.115. The van der Waals surface area contributed by atoms with Crippen molar-refractivity contribution in [2.75, 3.05) is 5.32 Å². The molecule has 0 bridgehead atoms. The Bertz CT molecular complexity index is 773. The second kappa shape index (κ2) is 7.40. The molecule has 6 nitrogen and oxygen atoms in total. The molecule has 1 atom stereocenters. The van der Waals surface area contributed by atoms with Gasteiger partial charge < -0.3 is 5.32 Å². The molecule has 8 heteroatoms. The van der Waals surface area contributed by atoms with Crippen LogP contribution in [0.1, 0.15) is 24.0 Å². The Morgan fingerprint density at radius 1 is 1.39 bits per heavy atom. The van der Waals surface area contributed by atoms with E-state index in [1.54, 1.807) is 32.9 Å². The molecular formula is C15H14ClN5OS. The fraction of sp³-hybridized carbons (Fsp3) is 0.267. The lowest BCUT2D eigenvalue weighted by Crippen LogP contribution is -2.23. The highest BCUT2D eigenvalue weighted by Crippen LogP contribution is 2.26. The van der Waals surface area contributed by atoms with Crippen molar-refractivity contribution in [1.82, 2.24) is 15.0 Å². The number of nitriles is 1. The molecule has 0 radical (unpaired) electrons. The molecule has 2 heterocycles. The van der Waals surface area contributed by atoms with Crippen LogP contribution in [0, 0.1) is 25.2 Å². The van der Waals surface area contributed by atoms with E-state index in [1.807, 2.05) is 0 Å². The summed E-state index contributed by atoms with van der Waals surface area (Å²) in [6, 6.07) is 5.35. The van der Waals surface area contributed by atoms with Crippen molar-refractivity contribution < 1.29 is 4.79 Å². The lowest BCUT2D eigenvalue weighted by atomic mass is 10.3. The van der Waals surface area contributed by atoms with Crippen LogP contribution < -0.4 is 5.32 Å². The van der Waals surface area contributed by atoms with Crippen LogP contribution in [0.25, 0.3) is 0 Å². The van der Waals surface area contributed by atoms with Gasteiger partial charge in [-0.05, 0) is 32.9 Å². The van der Waals surface area contributed by atoms with Gasteiger partial charge in [0, 0.05) is 6.20 Å². The first-order chi connectivity index (χ1) is 10.9. The maximum atomic E-state index is 12.2. The zero-order valence-corrected chi connectivity index (χ0v) is 14.4. The van der Waals surface area contributed by atoms with E-state index in [0.29, 0.717) is 32.9 Å². The number of halogens is 1. The largest absolute Gasteiger partial charge is 0.310 e. The SMILES string of the molecule is Cc1nc(C)c(C#N)c(SC(C)C(=O)Nc2ccc(Cl)cn2)n1. The molecule has 118 valence electrons. The number of nitrogens with zero attached hydrogens (tertiary/aromatic N) is 4. The van der Waals surface area contributed by atoms with Gasteiger partial charge in [0.05, 0.1) is 16.0 Å². The van der Waals surface area contributed by atoms with Gasteiger partial charge in [0.15, 0.2) is 0 Å². The molecule has 2 aromatic heterocycles. The second-order valence-electron chi connectivity index (χ2n) is 4.76. The molecule has 23 heavy (non-hydrogen) atoms. The van der Waals surface area contributed by atoms with Crippen LogP contribution in [0.5, 0.6) is 0 Å². The smallest absolute Gasteiger partial charge is 0.238 e. The summed E-state index contributed by atoms with van der Waals surface area (Å²) in [4.78, 5) is 24.7. The monoisotopic (exact) mass is 347 g/mol. The Kier molecular flexibility index (Phi) is 5.53. The lowest BCUT2D eigenvalue weighted by Gasteiger charge is -2.12. The number of anilines is 1. The van der Waals surface area contributed by atoms with Gasteiger partial charge in [-0.25, -0.2) is 15.0 Å². The molecule has 2 rings (SSSR count). The third-order valence-corrected chi connectivity index (χ3v) is 4.23. The Balaban J connectivity index is 2.12. The summed E-state index contributed by atoms with van der Waals surface area (Å²) in [7, 11) is 0. The van der Waals surface area contributed by atoms with Crippen LogP contribution in [-0.2, 0) is 4.79 Å². The summed E-state index contributed by atoms with van der Waals surface area (Å²) >= 11 is 6.97. The highest BCUT2D eigenvalue weighted by Gasteiger charge is 2.19. The first kappa shape index (κ1) is 17.2. The maximum Gasteiger partial charge on any atom is 0.238 e. The molecule has 1 amide bonds. The van der Waals surface area contributed by atoms with Crippen LogP contribution in [-0.4, -0.2) is 26.1 Å². The van der Waals surface area contributed by atoms with Crippen molar-refractivity contribution >= 4 is 35.1 Å². The van der Waals surface area contributed by atoms with E-state index < -0.39 is 5.25 Å². The molecule has 0 saturated carbocycles. The molecule has 0 spiro atoms. The molecule has 0 aliphatic rings. The van der Waals surface area contributed by atoms with E-state index in [-0.39, 0.29) is 5.91 Å². The third kappa shape index (κ3) is 4.41. The Morgan fingerprint density at radius 2 is 2.13 bits per heavy atom. The van der Waals surface area contributed by atoms with Crippen LogP contribution in [0.2, 0.25) is 5.02 Å². The van der Waals surface area contributed by atoms with E-state index >= 15 is 0 Å². The van der Waals surface area contributed by atoms with E-state index in [9.17, 15) is 10.1 Å². The van der Waals surface area contributed by atoms with Crippen LogP contribution in [0.15, 0.2) is 23.4 Å². The predicted octanol–water partition coefficient (Wildman–Crippen LogP) is 3.13. The van der Waals surface area contributed by atoms with E-state index in [1.165, 1.54) is 18.0 Å². The molecule has 1 N–H and O–H groups in total. The summed E-state index contributed by atoms with van der Waals surface area (Å²) in [5.41, 5.74) is 0.999. The molecular weight excluding hydrogens is 334 g/mol. The van der Waals surface area contributed by atoms with Crippen LogP contribution in [0.4, 0.5) is 5.82 Å². The van der Waals surface area contributed by atoms with Crippen molar-refractivity contribution in [2.24, 2.45) is 0 Å². The van der Waals surface area contributed by atoms with E-state index in [2.05, 4.69) is 26.3 Å². The molecule has 0 aliphatic heterocycles. The van der Waals surface area contributed by atoms with Gasteiger partial charge in [0.1, 0.15) is 28.3 Å². The number of nitrogens with one attached hydrogen (secondary N) is 1. The molecule has 1 unspecified atom stereocenters. The average Bonchev–Trinajstić information content (AvgIpc) is 2.49. The van der Waals surface area contributed by atoms with Crippen LogP contribution in [0.3, 0.4) is 0 Å². The van der Waals surface area contributed by atoms with Gasteiger partial charge >= 0.3 is 0 Å². The summed E-state index contributed by atoms with van der Waals surface area (Å²) in [5, 5.41) is 12.5. The molecule has 0 fully saturated rings. The van der Waals surface area contributed by atoms with Gasteiger partial charge in [-0.15, -0.1) is 0 Å². The minimum atomic E-state index is -0.451. The highest BCUT2D eigenvalue weighted by atomic mass is 35.5. The van der Waals surface area contributed by atoms with E-state index in [4.69, 9.17) is 11.6 Å². The standard InChI is InChI=1S/C15H14ClN5OS/c1-8-12(6-17)15(20-10(3)19-8)23-9(2)14(22)21-13-5-4-11(16)7-18-13/h4-5,7,9H,1-3H3,(H,18,21,22). The fourth-order valence-corrected chi connectivity index (χ4v) is 2.90. The van der Waals surface area contributed by atoms with Gasteiger partial charge in [-0.1, -0.05) is 23.4 Å². The van der Waals surface area contributed by atoms with Crippen molar-refractivity contribution in [2.45, 2.75) is 31.0 Å². The van der Waals surface area contributed by atoms with Gasteiger partial charge in [0.25, 0.3) is 0 Å². The number of hydrogen-bond acceptors (Lipinski definition) is 6. The summed E-state index contributed by atoms with van der Waals surface area (Å²) < 4.78 is 0. The topological polar surface area (TPSA) is 91.6 Å². The number of hydrogen-bond donors (Lipinski definition) is 1. The zero-order chi connectivity index (χ0) is 17.0. The van der Waals surface area contributed by atoms with Crippen LogP contribution >= 0.6 is 23.4 Å². The second-order valence-corrected chi connectivity index (χ2v) is 6.53. The molecule has 0 saturated heterocycles. The minimum Gasteiger partial charge on any atom is -0.310 e. The number of aryl methyl sites for hydroxylation is 2. The number of pyridine rings is 1. The number of amides is 1. The maximum absolute atomic E-state index is 12.2. The number of carbonyl (C=O) groups excluding carboxylic acids is 1. The molecule has 0 aliphatic carbocycles. The van der Waals surface area contributed by atoms with Gasteiger partial charge in [-0.3, -0.25) is 4.79 Å². The van der Waals surface area contributed by atoms with Crippen molar-refractivity contribution in [3.05, 3.63) is 40.4 Å². The Morgan fingerprint density at radius 3 is 2.74 bits per heavy atom. The van der Waals surface area contributed by atoms with Gasteiger partial charge in [0.2, 0.25) is 5.91 Å². The summed E-state index contributed by atoms with van der Waals surface area (Å²) in [5.74, 6) is 0.751. The first-order valence-corrected chi connectivity index (χ1v) is 8.01. The Labute approximate surface area is 143 Å². The zero-order valence-electron chi connectivity index (χ0n) is 12.8. The van der Waals surface area contributed by atoms with Crippen molar-refractivity contribution in [3.63, 3.8) is 0 Å². The summed E-state index contributed by atoms with van der Waals surface area (Å²) in [6.07, 6.45) is 1.46. The quantitative estimate of drug-likeness (QED) is 0.674. The summed E-state index contributed by atoms with van der Waals surface area (Å²) in [6.45, 7) is 5.24. The predicted molar refractivity (Wildman–Crippen MR) is 89.4 cm³/mol. The Hall–Kier alpha value is -2.17. The van der Waals surface area contributed by atoms with Crippen molar-refractivity contribution in [1.29, 1.82) is 5.26 Å². The number of carbonyl (C=O) groups is 1. The number of aromatic nitrogens is 3. The van der Waals surface area contributed by atoms with E-state index in [0.717, 1.165) is 0 Å². The highest BCUT2D eigenvalue weighted by molar-refractivity contribution is 8.00. The molecule has 2 aromatic rings. The number of thioether (sulfide) groups is 1. The van der Waals surface area contributed by atoms with Crippen molar-refractivity contribution in [3.8, 4) is 6.07 Å². The third-order valence-electron chi connectivity index (χ3n) is 2.92. The molecule has 0 aromatic carbocycles. The minimum absolute atomic E-state index is 0.234.